The van der Waals surface area contributed by atoms with Gasteiger partial charge in [0.25, 0.3) is 5.91 Å². The number of carboxylic acids is 1. The molecule has 0 aliphatic heterocycles. The molecule has 0 bridgehead atoms. The number of carbonyl (C=O) groups excluding carboxylic acids is 1. The van der Waals surface area contributed by atoms with Crippen LogP contribution in [-0.4, -0.2) is 23.0 Å². The van der Waals surface area contributed by atoms with Crippen LogP contribution in [0.1, 0.15) is 17.3 Å². The van der Waals surface area contributed by atoms with Crippen LogP contribution in [0.15, 0.2) is 16.8 Å². The molecule has 0 radical (unpaired) electrons. The Kier molecular flexibility index (Phi) is 3.02. The second kappa shape index (κ2) is 4.04. The molecule has 1 rings (SSSR count). The van der Waals surface area contributed by atoms with Gasteiger partial charge in [0.15, 0.2) is 0 Å². The topological polar surface area (TPSA) is 66.4 Å². The van der Waals surface area contributed by atoms with Gasteiger partial charge in [0.2, 0.25) is 0 Å². The minimum absolute atomic E-state index is 0.351. The van der Waals surface area contributed by atoms with Crippen LogP contribution in [0.25, 0.3) is 0 Å². The maximum atomic E-state index is 11.3. The first kappa shape index (κ1) is 9.73. The summed E-state index contributed by atoms with van der Waals surface area (Å²) in [6, 6.07) is 0.793. The fraction of sp³-hybridized carbons (Fsp3) is 0.250. The molecule has 0 unspecified atom stereocenters. The monoisotopic (exact) mass is 199 g/mol. The highest BCUT2D eigenvalue weighted by Crippen LogP contribution is 2.05. The molecule has 0 aliphatic rings. The number of rotatable bonds is 3. The summed E-state index contributed by atoms with van der Waals surface area (Å²) in [7, 11) is 0. The first-order valence-corrected chi connectivity index (χ1v) is 4.61. The van der Waals surface area contributed by atoms with E-state index in [1.54, 1.807) is 16.8 Å². The van der Waals surface area contributed by atoms with Crippen molar-refractivity contribution in [1.29, 1.82) is 0 Å². The van der Waals surface area contributed by atoms with Crippen molar-refractivity contribution in [2.24, 2.45) is 0 Å². The number of carbonyl (C=O) groups is 2. The molecule has 4 nitrogen and oxygen atoms in total. The lowest BCUT2D eigenvalue weighted by Gasteiger charge is -2.07. The van der Waals surface area contributed by atoms with Crippen LogP contribution >= 0.6 is 11.3 Å². The zero-order valence-corrected chi connectivity index (χ0v) is 7.80. The third-order valence-corrected chi connectivity index (χ3v) is 2.18. The molecule has 70 valence electrons. The molecule has 0 saturated heterocycles. The molecule has 0 spiro atoms. The summed E-state index contributed by atoms with van der Waals surface area (Å²) in [5.74, 6) is -1.39. The zero-order chi connectivity index (χ0) is 9.84. The van der Waals surface area contributed by atoms with Gasteiger partial charge in [-0.1, -0.05) is 0 Å². The van der Waals surface area contributed by atoms with Gasteiger partial charge < -0.3 is 10.4 Å². The van der Waals surface area contributed by atoms with Crippen LogP contribution in [0.3, 0.4) is 0 Å². The molecule has 1 aromatic rings. The van der Waals surface area contributed by atoms with Crippen molar-refractivity contribution < 1.29 is 14.7 Å². The third kappa shape index (κ3) is 2.55. The van der Waals surface area contributed by atoms with E-state index in [9.17, 15) is 9.59 Å². The molecule has 13 heavy (non-hydrogen) atoms. The van der Waals surface area contributed by atoms with E-state index in [0.717, 1.165) is 0 Å². The molecule has 0 aliphatic carbocycles. The Balaban J connectivity index is 2.56. The SMILES string of the molecule is C[C@@H](NC(=O)c1ccsc1)C(=O)O. The van der Waals surface area contributed by atoms with Crippen molar-refractivity contribution in [3.63, 3.8) is 0 Å². The van der Waals surface area contributed by atoms with Crippen molar-refractivity contribution >= 4 is 23.2 Å². The number of nitrogens with one attached hydrogen (secondary N) is 1. The van der Waals surface area contributed by atoms with Gasteiger partial charge in [-0.2, -0.15) is 11.3 Å². The summed E-state index contributed by atoms with van der Waals surface area (Å²) in [6.07, 6.45) is 0. The van der Waals surface area contributed by atoms with Gasteiger partial charge in [-0.05, 0) is 18.4 Å². The lowest BCUT2D eigenvalue weighted by Crippen LogP contribution is -2.38. The molecule has 0 aromatic carbocycles. The van der Waals surface area contributed by atoms with E-state index in [0.29, 0.717) is 5.56 Å². The van der Waals surface area contributed by atoms with Crippen molar-refractivity contribution in [3.8, 4) is 0 Å². The highest BCUT2D eigenvalue weighted by molar-refractivity contribution is 7.08. The number of hydrogen-bond donors (Lipinski definition) is 2. The lowest BCUT2D eigenvalue weighted by molar-refractivity contribution is -0.138. The fourth-order valence-electron chi connectivity index (χ4n) is 0.735. The van der Waals surface area contributed by atoms with Crippen LogP contribution < -0.4 is 5.32 Å². The van der Waals surface area contributed by atoms with Crippen molar-refractivity contribution in [3.05, 3.63) is 22.4 Å². The molecule has 1 atom stereocenters. The van der Waals surface area contributed by atoms with Crippen LogP contribution in [0.5, 0.6) is 0 Å². The Morgan fingerprint density at radius 1 is 1.62 bits per heavy atom. The number of aliphatic carboxylic acids is 1. The molecule has 1 amide bonds. The van der Waals surface area contributed by atoms with Crippen molar-refractivity contribution in [1.82, 2.24) is 5.32 Å². The van der Waals surface area contributed by atoms with E-state index in [1.807, 2.05) is 0 Å². The van der Waals surface area contributed by atoms with Gasteiger partial charge in [0.05, 0.1) is 5.56 Å². The number of hydrogen-bond acceptors (Lipinski definition) is 3. The third-order valence-electron chi connectivity index (χ3n) is 1.50. The molecule has 1 aromatic heterocycles. The maximum absolute atomic E-state index is 11.3. The van der Waals surface area contributed by atoms with Gasteiger partial charge in [0, 0.05) is 5.38 Å². The van der Waals surface area contributed by atoms with E-state index < -0.39 is 12.0 Å². The predicted molar refractivity (Wildman–Crippen MR) is 48.9 cm³/mol. The van der Waals surface area contributed by atoms with E-state index in [2.05, 4.69) is 5.32 Å². The molecular formula is C8H9NO3S. The van der Waals surface area contributed by atoms with Gasteiger partial charge in [0.1, 0.15) is 6.04 Å². The first-order valence-electron chi connectivity index (χ1n) is 3.67. The fourth-order valence-corrected chi connectivity index (χ4v) is 1.37. The normalized spacial score (nSPS) is 12.1. The van der Waals surface area contributed by atoms with Crippen LogP contribution in [0.4, 0.5) is 0 Å². The number of thiophene rings is 1. The standard InChI is InChI=1S/C8H9NO3S/c1-5(8(11)12)9-7(10)6-2-3-13-4-6/h2-5H,1H3,(H,9,10)(H,11,12)/t5-/m1/s1. The Labute approximate surface area is 79.2 Å². The molecule has 0 saturated carbocycles. The van der Waals surface area contributed by atoms with Crippen molar-refractivity contribution in [2.75, 3.05) is 0 Å². The largest absolute Gasteiger partial charge is 0.480 e. The van der Waals surface area contributed by atoms with Gasteiger partial charge >= 0.3 is 5.97 Å². The zero-order valence-electron chi connectivity index (χ0n) is 6.98. The Morgan fingerprint density at radius 2 is 2.31 bits per heavy atom. The summed E-state index contributed by atoms with van der Waals surface area (Å²) < 4.78 is 0. The Hall–Kier alpha value is -1.36. The van der Waals surface area contributed by atoms with Gasteiger partial charge in [-0.25, -0.2) is 0 Å². The van der Waals surface area contributed by atoms with E-state index in [1.165, 1.54) is 18.3 Å². The molecule has 1 heterocycles. The second-order valence-electron chi connectivity index (χ2n) is 2.55. The van der Waals surface area contributed by atoms with Gasteiger partial charge in [-0.3, -0.25) is 9.59 Å². The molecule has 2 N–H and O–H groups in total. The second-order valence-corrected chi connectivity index (χ2v) is 3.33. The minimum Gasteiger partial charge on any atom is -0.480 e. The Bertz CT molecular complexity index is 307. The lowest BCUT2D eigenvalue weighted by atomic mass is 10.3. The predicted octanol–water partition coefficient (Wildman–Crippen LogP) is 0.951. The van der Waals surface area contributed by atoms with Crippen LogP contribution in [-0.2, 0) is 4.79 Å². The maximum Gasteiger partial charge on any atom is 0.325 e. The number of carboxylic acid groups (broad SMARTS) is 1. The van der Waals surface area contributed by atoms with Crippen molar-refractivity contribution in [2.45, 2.75) is 13.0 Å². The summed E-state index contributed by atoms with van der Waals surface area (Å²) in [6.45, 7) is 1.42. The van der Waals surface area contributed by atoms with E-state index in [-0.39, 0.29) is 5.91 Å². The summed E-state index contributed by atoms with van der Waals surface area (Å²) in [5.41, 5.74) is 0.498. The molecular weight excluding hydrogens is 190 g/mol. The van der Waals surface area contributed by atoms with E-state index in [4.69, 9.17) is 5.11 Å². The Morgan fingerprint density at radius 3 is 2.77 bits per heavy atom. The van der Waals surface area contributed by atoms with Gasteiger partial charge in [-0.15, -0.1) is 0 Å². The van der Waals surface area contributed by atoms with E-state index >= 15 is 0 Å². The smallest absolute Gasteiger partial charge is 0.325 e. The average molecular weight is 199 g/mol. The highest BCUT2D eigenvalue weighted by Gasteiger charge is 2.14. The number of amides is 1. The first-order chi connectivity index (χ1) is 6.11. The quantitative estimate of drug-likeness (QED) is 0.761. The minimum atomic E-state index is -1.04. The summed E-state index contributed by atoms with van der Waals surface area (Å²) in [4.78, 5) is 21.6. The highest BCUT2D eigenvalue weighted by atomic mass is 32.1. The van der Waals surface area contributed by atoms with Crippen LogP contribution in [0.2, 0.25) is 0 Å². The summed E-state index contributed by atoms with van der Waals surface area (Å²) >= 11 is 1.40. The molecule has 5 heteroatoms. The molecule has 0 fully saturated rings. The summed E-state index contributed by atoms with van der Waals surface area (Å²) in [5, 5.41) is 14.3. The van der Waals surface area contributed by atoms with Crippen LogP contribution in [0, 0.1) is 0 Å². The average Bonchev–Trinajstić information content (AvgIpc) is 2.55.